The number of aryl methyl sites for hydroxylation is 1. The summed E-state index contributed by atoms with van der Waals surface area (Å²) in [4.78, 5) is 12.3. The second-order valence-electron chi connectivity index (χ2n) is 7.71. The van der Waals surface area contributed by atoms with E-state index in [1.54, 1.807) is 12.1 Å². The topological polar surface area (TPSA) is 84.5 Å². The van der Waals surface area contributed by atoms with Crippen LogP contribution in [0.25, 0.3) is 0 Å². The number of carbonyl (C=O) groups is 1. The molecule has 0 spiro atoms. The van der Waals surface area contributed by atoms with Crippen LogP contribution in [0.15, 0.2) is 53.4 Å². The van der Waals surface area contributed by atoms with Gasteiger partial charge >= 0.3 is 0 Å². The van der Waals surface area contributed by atoms with Gasteiger partial charge in [0.15, 0.2) is 6.61 Å². The number of ether oxygens (including phenoxy) is 1. The fourth-order valence-corrected chi connectivity index (χ4v) is 4.83. The first-order valence-corrected chi connectivity index (χ1v) is 12.1. The Morgan fingerprint density at radius 3 is 2.33 bits per heavy atom. The van der Waals surface area contributed by atoms with Gasteiger partial charge in [-0.1, -0.05) is 38.3 Å². The maximum atomic E-state index is 12.4. The molecule has 0 unspecified atom stereocenters. The second kappa shape index (κ2) is 10.6. The minimum atomic E-state index is -3.53. The molecular weight excluding hydrogens is 400 g/mol. The van der Waals surface area contributed by atoms with Crippen molar-refractivity contribution < 1.29 is 17.9 Å². The van der Waals surface area contributed by atoms with E-state index in [1.807, 2.05) is 24.3 Å². The van der Waals surface area contributed by atoms with E-state index in [9.17, 15) is 13.2 Å². The van der Waals surface area contributed by atoms with Crippen molar-refractivity contribution in [3.05, 3.63) is 54.1 Å². The SMILES string of the molecule is CCCCc1ccc(NC(=O)COc2ccc(S(=O)(=O)NC3CCCC3)cc2)cc1. The molecule has 0 atom stereocenters. The first kappa shape index (κ1) is 22.3. The van der Waals surface area contributed by atoms with Crippen LogP contribution in [0.2, 0.25) is 0 Å². The standard InChI is InChI=1S/C23H30N2O4S/c1-2-3-6-18-9-11-19(12-10-18)24-23(26)17-29-21-13-15-22(16-14-21)30(27,28)25-20-7-4-5-8-20/h9-16,20,25H,2-8,17H2,1H3,(H,24,26). The van der Waals surface area contributed by atoms with Crippen molar-refractivity contribution in [3.8, 4) is 5.75 Å². The van der Waals surface area contributed by atoms with Crippen LogP contribution >= 0.6 is 0 Å². The van der Waals surface area contributed by atoms with Gasteiger partial charge in [-0.25, -0.2) is 13.1 Å². The van der Waals surface area contributed by atoms with E-state index in [2.05, 4.69) is 17.0 Å². The molecule has 1 fully saturated rings. The lowest BCUT2D eigenvalue weighted by Gasteiger charge is -2.13. The smallest absolute Gasteiger partial charge is 0.262 e. The van der Waals surface area contributed by atoms with Gasteiger partial charge in [-0.3, -0.25) is 4.79 Å². The number of unbranched alkanes of at least 4 members (excludes halogenated alkanes) is 1. The zero-order valence-electron chi connectivity index (χ0n) is 17.4. The highest BCUT2D eigenvalue weighted by Crippen LogP contribution is 2.21. The van der Waals surface area contributed by atoms with Gasteiger partial charge < -0.3 is 10.1 Å². The first-order valence-electron chi connectivity index (χ1n) is 10.6. The third kappa shape index (κ3) is 6.57. The van der Waals surface area contributed by atoms with E-state index in [1.165, 1.54) is 17.7 Å². The Kier molecular flexibility index (Phi) is 7.87. The van der Waals surface area contributed by atoms with Gasteiger partial charge in [-0.15, -0.1) is 0 Å². The fourth-order valence-electron chi connectivity index (χ4n) is 3.53. The Labute approximate surface area is 179 Å². The molecule has 162 valence electrons. The lowest BCUT2D eigenvalue weighted by molar-refractivity contribution is -0.118. The number of rotatable bonds is 10. The van der Waals surface area contributed by atoms with Crippen LogP contribution in [0.3, 0.4) is 0 Å². The van der Waals surface area contributed by atoms with Gasteiger partial charge in [0.1, 0.15) is 5.75 Å². The van der Waals surface area contributed by atoms with Crippen molar-refractivity contribution in [2.45, 2.75) is 62.8 Å². The summed E-state index contributed by atoms with van der Waals surface area (Å²) in [5, 5.41) is 2.80. The molecule has 2 aromatic carbocycles. The summed E-state index contributed by atoms with van der Waals surface area (Å²) >= 11 is 0. The van der Waals surface area contributed by atoms with Crippen LogP contribution in [0.1, 0.15) is 51.0 Å². The van der Waals surface area contributed by atoms with Gasteiger partial charge in [0.05, 0.1) is 4.90 Å². The molecule has 0 aliphatic heterocycles. The van der Waals surface area contributed by atoms with Gasteiger partial charge in [0.2, 0.25) is 10.0 Å². The third-order valence-electron chi connectivity index (χ3n) is 5.24. The molecule has 1 aliphatic carbocycles. The largest absolute Gasteiger partial charge is 0.484 e. The van der Waals surface area contributed by atoms with Crippen LogP contribution in [0.5, 0.6) is 5.75 Å². The van der Waals surface area contributed by atoms with Crippen LogP contribution in [-0.4, -0.2) is 27.0 Å². The average molecular weight is 431 g/mol. The van der Waals surface area contributed by atoms with Gasteiger partial charge in [-0.2, -0.15) is 0 Å². The van der Waals surface area contributed by atoms with Crippen molar-refractivity contribution >= 4 is 21.6 Å². The number of nitrogens with one attached hydrogen (secondary N) is 2. The molecule has 1 aliphatic rings. The molecular formula is C23H30N2O4S. The molecule has 2 aromatic rings. The van der Waals surface area contributed by atoms with Gasteiger partial charge in [-0.05, 0) is 67.6 Å². The number of sulfonamides is 1. The zero-order valence-corrected chi connectivity index (χ0v) is 18.2. The van der Waals surface area contributed by atoms with E-state index in [0.717, 1.165) is 50.6 Å². The highest BCUT2D eigenvalue weighted by Gasteiger charge is 2.22. The number of hydrogen-bond donors (Lipinski definition) is 2. The minimum absolute atomic E-state index is 0.0235. The van der Waals surface area contributed by atoms with Crippen molar-refractivity contribution in [1.82, 2.24) is 4.72 Å². The fraction of sp³-hybridized carbons (Fsp3) is 0.435. The molecule has 3 rings (SSSR count). The zero-order chi connectivity index (χ0) is 21.4. The van der Waals surface area contributed by atoms with Gasteiger partial charge in [0.25, 0.3) is 5.91 Å². The van der Waals surface area contributed by atoms with Crippen molar-refractivity contribution in [1.29, 1.82) is 0 Å². The molecule has 0 radical (unpaired) electrons. The Bertz CT molecular complexity index is 919. The number of carbonyl (C=O) groups excluding carboxylic acids is 1. The van der Waals surface area contributed by atoms with Gasteiger partial charge in [0, 0.05) is 11.7 Å². The summed E-state index contributed by atoms with van der Waals surface area (Å²) in [7, 11) is -3.53. The molecule has 0 saturated heterocycles. The lowest BCUT2D eigenvalue weighted by atomic mass is 10.1. The molecule has 0 bridgehead atoms. The maximum absolute atomic E-state index is 12.4. The van der Waals surface area contributed by atoms with E-state index >= 15 is 0 Å². The molecule has 30 heavy (non-hydrogen) atoms. The summed E-state index contributed by atoms with van der Waals surface area (Å²) in [5.74, 6) is 0.177. The van der Waals surface area contributed by atoms with Crippen LogP contribution in [-0.2, 0) is 21.2 Å². The molecule has 7 heteroatoms. The normalized spacial score (nSPS) is 14.6. The highest BCUT2D eigenvalue weighted by molar-refractivity contribution is 7.89. The Balaban J connectivity index is 1.47. The summed E-state index contributed by atoms with van der Waals surface area (Å²) in [6, 6.07) is 14.0. The summed E-state index contributed by atoms with van der Waals surface area (Å²) in [6.07, 6.45) is 7.23. The summed E-state index contributed by atoms with van der Waals surface area (Å²) in [5.41, 5.74) is 1.98. The van der Waals surface area contributed by atoms with E-state index in [0.29, 0.717) is 5.75 Å². The number of amides is 1. The number of anilines is 1. The Hall–Kier alpha value is -2.38. The average Bonchev–Trinajstić information content (AvgIpc) is 3.24. The molecule has 1 amide bonds. The van der Waals surface area contributed by atoms with Crippen LogP contribution in [0, 0.1) is 0 Å². The number of benzene rings is 2. The Morgan fingerprint density at radius 2 is 1.70 bits per heavy atom. The molecule has 6 nitrogen and oxygen atoms in total. The highest BCUT2D eigenvalue weighted by atomic mass is 32.2. The predicted molar refractivity (Wildman–Crippen MR) is 118 cm³/mol. The predicted octanol–water partition coefficient (Wildman–Crippen LogP) is 4.27. The van der Waals surface area contributed by atoms with Crippen molar-refractivity contribution in [2.75, 3.05) is 11.9 Å². The summed E-state index contributed by atoms with van der Waals surface area (Å²) in [6.45, 7) is 2.01. The van der Waals surface area contributed by atoms with Crippen LogP contribution < -0.4 is 14.8 Å². The minimum Gasteiger partial charge on any atom is -0.484 e. The quantitative estimate of drug-likeness (QED) is 0.590. The van der Waals surface area contributed by atoms with Crippen molar-refractivity contribution in [3.63, 3.8) is 0 Å². The first-order chi connectivity index (χ1) is 14.5. The number of hydrogen-bond acceptors (Lipinski definition) is 4. The van der Waals surface area contributed by atoms with Crippen LogP contribution in [0.4, 0.5) is 5.69 Å². The molecule has 0 aromatic heterocycles. The molecule has 0 heterocycles. The Morgan fingerprint density at radius 1 is 1.03 bits per heavy atom. The maximum Gasteiger partial charge on any atom is 0.262 e. The second-order valence-corrected chi connectivity index (χ2v) is 9.43. The van der Waals surface area contributed by atoms with E-state index in [-0.39, 0.29) is 23.5 Å². The van der Waals surface area contributed by atoms with E-state index in [4.69, 9.17) is 4.74 Å². The van der Waals surface area contributed by atoms with E-state index < -0.39 is 10.0 Å². The summed E-state index contributed by atoms with van der Waals surface area (Å²) < 4.78 is 33.1. The van der Waals surface area contributed by atoms with Crippen molar-refractivity contribution in [2.24, 2.45) is 0 Å². The third-order valence-corrected chi connectivity index (χ3v) is 6.77. The lowest BCUT2D eigenvalue weighted by Crippen LogP contribution is -2.32. The molecule has 2 N–H and O–H groups in total. The molecule has 1 saturated carbocycles. The monoisotopic (exact) mass is 430 g/mol.